The minimum atomic E-state index is -0.262. The Morgan fingerprint density at radius 3 is 2.59 bits per heavy atom. The van der Waals surface area contributed by atoms with E-state index in [1.165, 1.54) is 12.1 Å². The fourth-order valence-corrected chi connectivity index (χ4v) is 3.04. The van der Waals surface area contributed by atoms with Crippen LogP contribution in [0.4, 0.5) is 27.8 Å². The maximum atomic E-state index is 13.2. The van der Waals surface area contributed by atoms with Crippen LogP contribution < -0.4 is 15.5 Å². The van der Waals surface area contributed by atoms with E-state index < -0.39 is 0 Å². The molecule has 1 aliphatic rings. The van der Waals surface area contributed by atoms with E-state index in [-0.39, 0.29) is 11.9 Å². The van der Waals surface area contributed by atoms with Gasteiger partial charge >= 0.3 is 0 Å². The molecule has 150 valence electrons. The van der Waals surface area contributed by atoms with Crippen LogP contribution >= 0.6 is 0 Å². The van der Waals surface area contributed by atoms with Crippen molar-refractivity contribution in [2.75, 3.05) is 41.8 Å². The number of hydrogen-bond acceptors (Lipinski definition) is 8. The van der Waals surface area contributed by atoms with Gasteiger partial charge in [-0.05, 0) is 24.6 Å². The zero-order valence-corrected chi connectivity index (χ0v) is 16.0. The molecular weight excluding hydrogens is 373 g/mol. The molecular formula is C20H22FN7O. The number of nitrogens with one attached hydrogen (secondary N) is 2. The maximum Gasteiger partial charge on any atom is 0.227 e. The Morgan fingerprint density at radius 2 is 1.86 bits per heavy atom. The standard InChI is InChI=1S/C20H22FN7O/c1-14(15-2-4-16(21)5-3-15)24-20-26-17(25-18-13-22-6-7-23-18)12-19(27-20)28-8-10-29-11-9-28/h2-7,12-14H,8-11H2,1H3,(H2,23,24,25,26,27)/t14-/m0/s1. The minimum Gasteiger partial charge on any atom is -0.378 e. The van der Waals surface area contributed by atoms with Crippen LogP contribution in [0.1, 0.15) is 18.5 Å². The summed E-state index contributed by atoms with van der Waals surface area (Å²) in [5.74, 6) is 2.20. The summed E-state index contributed by atoms with van der Waals surface area (Å²) >= 11 is 0. The normalized spacial score (nSPS) is 15.0. The summed E-state index contributed by atoms with van der Waals surface area (Å²) in [6.45, 7) is 4.81. The lowest BCUT2D eigenvalue weighted by Gasteiger charge is -2.28. The molecule has 3 aromatic rings. The van der Waals surface area contributed by atoms with Crippen molar-refractivity contribution in [1.29, 1.82) is 0 Å². The lowest BCUT2D eigenvalue weighted by Crippen LogP contribution is -2.37. The zero-order chi connectivity index (χ0) is 20.1. The first-order valence-electron chi connectivity index (χ1n) is 9.44. The van der Waals surface area contributed by atoms with Crippen molar-refractivity contribution in [1.82, 2.24) is 19.9 Å². The number of rotatable bonds is 6. The predicted octanol–water partition coefficient (Wildman–Crippen LogP) is 3.16. The van der Waals surface area contributed by atoms with Crippen molar-refractivity contribution in [3.8, 4) is 0 Å². The van der Waals surface area contributed by atoms with Crippen molar-refractivity contribution in [3.05, 3.63) is 60.3 Å². The summed E-state index contributed by atoms with van der Waals surface area (Å²) in [6, 6.07) is 8.17. The molecule has 1 aliphatic heterocycles. The van der Waals surface area contributed by atoms with Gasteiger partial charge in [0.25, 0.3) is 0 Å². The molecule has 9 heteroatoms. The summed E-state index contributed by atoms with van der Waals surface area (Å²) < 4.78 is 18.7. The molecule has 3 heterocycles. The molecule has 0 amide bonds. The van der Waals surface area contributed by atoms with Gasteiger partial charge in [-0.3, -0.25) is 4.98 Å². The lowest BCUT2D eigenvalue weighted by atomic mass is 10.1. The molecule has 0 unspecified atom stereocenters. The lowest BCUT2D eigenvalue weighted by molar-refractivity contribution is 0.122. The summed E-state index contributed by atoms with van der Waals surface area (Å²) in [4.78, 5) is 19.7. The number of halogens is 1. The van der Waals surface area contributed by atoms with Crippen LogP contribution in [0.15, 0.2) is 48.9 Å². The van der Waals surface area contributed by atoms with Crippen LogP contribution in [0.3, 0.4) is 0 Å². The van der Waals surface area contributed by atoms with E-state index in [0.29, 0.717) is 30.8 Å². The highest BCUT2D eigenvalue weighted by molar-refractivity contribution is 5.59. The Morgan fingerprint density at radius 1 is 1.07 bits per heavy atom. The molecule has 2 aromatic heterocycles. The van der Waals surface area contributed by atoms with Gasteiger partial charge in [0.1, 0.15) is 23.3 Å². The van der Waals surface area contributed by atoms with Crippen molar-refractivity contribution in [2.24, 2.45) is 0 Å². The fraction of sp³-hybridized carbons (Fsp3) is 0.300. The summed E-state index contributed by atoms with van der Waals surface area (Å²) in [5, 5.41) is 6.48. The van der Waals surface area contributed by atoms with Crippen LogP contribution in [-0.4, -0.2) is 46.2 Å². The number of benzene rings is 1. The molecule has 29 heavy (non-hydrogen) atoms. The van der Waals surface area contributed by atoms with E-state index in [1.807, 2.05) is 13.0 Å². The molecule has 1 aromatic carbocycles. The van der Waals surface area contributed by atoms with Crippen LogP contribution in [0.25, 0.3) is 0 Å². The van der Waals surface area contributed by atoms with Gasteiger partial charge in [0, 0.05) is 31.5 Å². The van der Waals surface area contributed by atoms with Crippen LogP contribution in [0, 0.1) is 5.82 Å². The first-order valence-corrected chi connectivity index (χ1v) is 9.44. The number of aromatic nitrogens is 4. The monoisotopic (exact) mass is 395 g/mol. The van der Waals surface area contributed by atoms with E-state index in [1.54, 1.807) is 30.7 Å². The number of hydrogen-bond donors (Lipinski definition) is 2. The minimum absolute atomic E-state index is 0.0973. The first-order chi connectivity index (χ1) is 14.2. The molecule has 8 nitrogen and oxygen atoms in total. The second-order valence-electron chi connectivity index (χ2n) is 6.67. The molecule has 2 N–H and O–H groups in total. The second kappa shape index (κ2) is 8.78. The highest BCUT2D eigenvalue weighted by Gasteiger charge is 2.16. The molecule has 0 spiro atoms. The molecule has 1 fully saturated rings. The smallest absolute Gasteiger partial charge is 0.227 e. The molecule has 0 saturated carbocycles. The highest BCUT2D eigenvalue weighted by atomic mass is 19.1. The van der Waals surface area contributed by atoms with Gasteiger partial charge in [0.05, 0.1) is 25.5 Å². The van der Waals surface area contributed by atoms with Crippen molar-refractivity contribution >= 4 is 23.4 Å². The summed E-state index contributed by atoms with van der Waals surface area (Å²) in [5.41, 5.74) is 0.940. The van der Waals surface area contributed by atoms with Gasteiger partial charge in [-0.2, -0.15) is 9.97 Å². The van der Waals surface area contributed by atoms with E-state index in [0.717, 1.165) is 24.5 Å². The zero-order valence-electron chi connectivity index (χ0n) is 16.0. The third-order valence-corrected chi connectivity index (χ3v) is 4.58. The Balaban J connectivity index is 1.60. The first kappa shape index (κ1) is 19.0. The predicted molar refractivity (Wildman–Crippen MR) is 109 cm³/mol. The highest BCUT2D eigenvalue weighted by Crippen LogP contribution is 2.24. The van der Waals surface area contributed by atoms with Crippen molar-refractivity contribution in [3.63, 3.8) is 0 Å². The largest absolute Gasteiger partial charge is 0.378 e. The Hall–Kier alpha value is -3.33. The van der Waals surface area contributed by atoms with E-state index in [2.05, 4.69) is 35.5 Å². The topological polar surface area (TPSA) is 88.1 Å². The van der Waals surface area contributed by atoms with E-state index >= 15 is 0 Å². The molecule has 4 rings (SSSR count). The Kier molecular flexibility index (Phi) is 5.76. The van der Waals surface area contributed by atoms with Gasteiger partial charge in [-0.1, -0.05) is 12.1 Å². The van der Waals surface area contributed by atoms with Crippen molar-refractivity contribution < 1.29 is 9.13 Å². The molecule has 0 radical (unpaired) electrons. The van der Waals surface area contributed by atoms with Crippen LogP contribution in [-0.2, 0) is 4.74 Å². The Bertz CT molecular complexity index is 933. The number of nitrogens with zero attached hydrogens (tertiary/aromatic N) is 5. The third-order valence-electron chi connectivity index (χ3n) is 4.58. The maximum absolute atomic E-state index is 13.2. The van der Waals surface area contributed by atoms with E-state index in [9.17, 15) is 4.39 Å². The summed E-state index contributed by atoms with van der Waals surface area (Å²) in [6.07, 6.45) is 4.86. The molecule has 0 bridgehead atoms. The molecule has 1 saturated heterocycles. The average molecular weight is 395 g/mol. The second-order valence-corrected chi connectivity index (χ2v) is 6.67. The summed E-state index contributed by atoms with van der Waals surface area (Å²) in [7, 11) is 0. The van der Waals surface area contributed by atoms with Gasteiger partial charge in [0.15, 0.2) is 0 Å². The fourth-order valence-electron chi connectivity index (χ4n) is 3.04. The van der Waals surface area contributed by atoms with Gasteiger partial charge < -0.3 is 20.3 Å². The molecule has 0 aliphatic carbocycles. The quantitative estimate of drug-likeness (QED) is 0.658. The average Bonchev–Trinajstić information content (AvgIpc) is 2.75. The third kappa shape index (κ3) is 4.94. The Labute approximate surface area is 168 Å². The van der Waals surface area contributed by atoms with E-state index in [4.69, 9.17) is 4.74 Å². The van der Waals surface area contributed by atoms with Crippen molar-refractivity contribution in [2.45, 2.75) is 13.0 Å². The number of morpholine rings is 1. The number of ether oxygens (including phenoxy) is 1. The number of anilines is 4. The molecule has 1 atom stereocenters. The van der Waals surface area contributed by atoms with Crippen LogP contribution in [0.2, 0.25) is 0 Å². The SMILES string of the molecule is C[C@H](Nc1nc(Nc2cnccn2)cc(N2CCOCC2)n1)c1ccc(F)cc1. The van der Waals surface area contributed by atoms with Gasteiger partial charge in [0.2, 0.25) is 5.95 Å². The van der Waals surface area contributed by atoms with Crippen LogP contribution in [0.5, 0.6) is 0 Å². The van der Waals surface area contributed by atoms with Gasteiger partial charge in [-0.25, -0.2) is 9.37 Å². The van der Waals surface area contributed by atoms with Gasteiger partial charge in [-0.15, -0.1) is 0 Å².